The van der Waals surface area contributed by atoms with E-state index in [1.54, 1.807) is 0 Å². The van der Waals surface area contributed by atoms with Gasteiger partial charge in [-0.05, 0) is 38.6 Å². The molecule has 6 N–H and O–H groups in total. The first-order valence-corrected chi connectivity index (χ1v) is 10.4. The van der Waals surface area contributed by atoms with Crippen molar-refractivity contribution in [2.24, 2.45) is 5.92 Å². The lowest BCUT2D eigenvalue weighted by atomic mass is 10.0. The Morgan fingerprint density at radius 2 is 1.69 bits per heavy atom. The summed E-state index contributed by atoms with van der Waals surface area (Å²) < 4.78 is 0. The van der Waals surface area contributed by atoms with Crippen molar-refractivity contribution in [2.45, 2.75) is 70.3 Å². The van der Waals surface area contributed by atoms with E-state index in [1.807, 2.05) is 13.8 Å². The summed E-state index contributed by atoms with van der Waals surface area (Å²) in [4.78, 5) is 48.6. The van der Waals surface area contributed by atoms with E-state index in [-0.39, 0.29) is 18.1 Å². The van der Waals surface area contributed by atoms with Crippen molar-refractivity contribution in [1.82, 2.24) is 21.3 Å². The lowest BCUT2D eigenvalue weighted by Crippen LogP contribution is -2.60. The first-order valence-electron chi connectivity index (χ1n) is 9.73. The van der Waals surface area contributed by atoms with Gasteiger partial charge in [0, 0.05) is 5.75 Å². The molecule has 0 bridgehead atoms. The van der Waals surface area contributed by atoms with E-state index >= 15 is 0 Å². The molecule has 0 spiro atoms. The highest BCUT2D eigenvalue weighted by Crippen LogP contribution is 2.07. The Morgan fingerprint density at radius 1 is 1.07 bits per heavy atom. The van der Waals surface area contributed by atoms with Crippen LogP contribution in [-0.2, 0) is 19.2 Å². The predicted molar refractivity (Wildman–Crippen MR) is 109 cm³/mol. The number of nitrogens with one attached hydrogen (secondary N) is 4. The van der Waals surface area contributed by atoms with Crippen molar-refractivity contribution in [1.29, 1.82) is 0 Å². The molecule has 0 aromatic rings. The van der Waals surface area contributed by atoms with Gasteiger partial charge in [0.05, 0.1) is 12.1 Å². The summed E-state index contributed by atoms with van der Waals surface area (Å²) in [6.07, 6.45) is 0.507. The SMILES string of the molecule is CC(C)CC(NC(=O)C(CS)NC(=O)C(NC(=O)C1CCCN1)C(C)O)C(=O)O. The minimum Gasteiger partial charge on any atom is -0.480 e. The van der Waals surface area contributed by atoms with Gasteiger partial charge >= 0.3 is 5.97 Å². The second-order valence-electron chi connectivity index (χ2n) is 7.65. The van der Waals surface area contributed by atoms with E-state index in [0.29, 0.717) is 13.0 Å². The standard InChI is InChI=1S/C18H32N4O6S/c1-9(2)7-12(18(27)28)20-16(25)13(8-29)21-17(26)14(10(3)23)22-15(24)11-5-4-6-19-11/h9-14,19,23,29H,4-8H2,1-3H3,(H,20,25)(H,21,26)(H,22,24)(H,27,28). The second-order valence-corrected chi connectivity index (χ2v) is 8.01. The molecular formula is C18H32N4O6S. The first-order chi connectivity index (χ1) is 13.6. The highest BCUT2D eigenvalue weighted by atomic mass is 32.1. The van der Waals surface area contributed by atoms with Gasteiger partial charge in [0.1, 0.15) is 18.1 Å². The van der Waals surface area contributed by atoms with Crippen LogP contribution in [0.5, 0.6) is 0 Å². The minimum absolute atomic E-state index is 0.0412. The van der Waals surface area contributed by atoms with Crippen LogP contribution in [0.2, 0.25) is 0 Å². The lowest BCUT2D eigenvalue weighted by molar-refractivity contribution is -0.142. The van der Waals surface area contributed by atoms with Gasteiger partial charge in [-0.15, -0.1) is 0 Å². The molecule has 0 saturated carbocycles. The van der Waals surface area contributed by atoms with Crippen LogP contribution in [0.3, 0.4) is 0 Å². The Bertz CT molecular complexity index is 595. The number of carbonyl (C=O) groups is 4. The number of aliphatic hydroxyl groups is 1. The maximum Gasteiger partial charge on any atom is 0.326 e. The molecular weight excluding hydrogens is 400 g/mol. The maximum atomic E-state index is 12.6. The van der Waals surface area contributed by atoms with Crippen LogP contribution in [0.4, 0.5) is 0 Å². The summed E-state index contributed by atoms with van der Waals surface area (Å²) in [6, 6.07) is -3.91. The zero-order valence-electron chi connectivity index (χ0n) is 17.0. The number of hydrogen-bond acceptors (Lipinski definition) is 7. The van der Waals surface area contributed by atoms with Crippen molar-refractivity contribution >= 4 is 36.3 Å². The van der Waals surface area contributed by atoms with Crippen molar-refractivity contribution in [3.05, 3.63) is 0 Å². The smallest absolute Gasteiger partial charge is 0.326 e. The Labute approximate surface area is 176 Å². The summed E-state index contributed by atoms with van der Waals surface area (Å²) in [5, 5.41) is 29.5. The molecule has 0 radical (unpaired) electrons. The van der Waals surface area contributed by atoms with Crippen molar-refractivity contribution < 1.29 is 29.4 Å². The molecule has 3 amide bonds. The number of carboxylic acids is 1. The van der Waals surface area contributed by atoms with E-state index in [1.165, 1.54) is 6.92 Å². The van der Waals surface area contributed by atoms with Gasteiger partial charge in [0.2, 0.25) is 17.7 Å². The lowest BCUT2D eigenvalue weighted by Gasteiger charge is -2.26. The minimum atomic E-state index is -1.26. The average Bonchev–Trinajstić information content (AvgIpc) is 3.17. The largest absolute Gasteiger partial charge is 0.480 e. The fourth-order valence-corrected chi connectivity index (χ4v) is 3.25. The van der Waals surface area contributed by atoms with E-state index in [4.69, 9.17) is 0 Å². The topological polar surface area (TPSA) is 157 Å². The molecule has 1 aliphatic rings. The Kier molecular flexibility index (Phi) is 10.4. The van der Waals surface area contributed by atoms with Crippen molar-refractivity contribution in [3.8, 4) is 0 Å². The van der Waals surface area contributed by atoms with Gasteiger partial charge in [-0.25, -0.2) is 4.79 Å². The van der Waals surface area contributed by atoms with Gasteiger partial charge in [-0.2, -0.15) is 12.6 Å². The molecule has 0 aliphatic carbocycles. The molecule has 0 aromatic heterocycles. The number of amides is 3. The van der Waals surface area contributed by atoms with Gasteiger partial charge in [-0.3, -0.25) is 14.4 Å². The Balaban J connectivity index is 2.75. The molecule has 5 unspecified atom stereocenters. The maximum absolute atomic E-state index is 12.6. The number of rotatable bonds is 11. The van der Waals surface area contributed by atoms with Gasteiger partial charge in [0.15, 0.2) is 0 Å². The van der Waals surface area contributed by atoms with Crippen LogP contribution in [0.25, 0.3) is 0 Å². The van der Waals surface area contributed by atoms with Gasteiger partial charge in [-0.1, -0.05) is 13.8 Å². The summed E-state index contributed by atoms with van der Waals surface area (Å²) in [7, 11) is 0. The fourth-order valence-electron chi connectivity index (χ4n) is 2.99. The zero-order valence-corrected chi connectivity index (χ0v) is 17.9. The molecule has 1 fully saturated rings. The summed E-state index contributed by atoms with van der Waals surface area (Å²) in [5.74, 6) is -3.07. The number of aliphatic carboxylic acids is 1. The molecule has 166 valence electrons. The normalized spacial score (nSPS) is 20.4. The van der Waals surface area contributed by atoms with Crippen LogP contribution in [0.1, 0.15) is 40.0 Å². The molecule has 5 atom stereocenters. The quantitative estimate of drug-likeness (QED) is 0.199. The Morgan fingerprint density at radius 3 is 2.14 bits per heavy atom. The third kappa shape index (κ3) is 8.19. The zero-order chi connectivity index (χ0) is 22.1. The molecule has 29 heavy (non-hydrogen) atoms. The number of aliphatic hydroxyl groups excluding tert-OH is 1. The van der Waals surface area contributed by atoms with E-state index < -0.39 is 54.0 Å². The van der Waals surface area contributed by atoms with Gasteiger partial charge < -0.3 is 31.5 Å². The number of carboxylic acid groups (broad SMARTS) is 1. The van der Waals surface area contributed by atoms with Crippen LogP contribution < -0.4 is 21.3 Å². The predicted octanol–water partition coefficient (Wildman–Crippen LogP) is -1.37. The third-order valence-corrected chi connectivity index (χ3v) is 4.94. The molecule has 1 heterocycles. The number of hydrogen-bond donors (Lipinski definition) is 7. The van der Waals surface area contributed by atoms with E-state index in [0.717, 1.165) is 6.42 Å². The number of carbonyl (C=O) groups excluding carboxylic acids is 3. The molecule has 1 saturated heterocycles. The first kappa shape index (κ1) is 25.2. The summed E-state index contributed by atoms with van der Waals surface area (Å²) in [5.41, 5.74) is 0. The van der Waals surface area contributed by atoms with Crippen LogP contribution in [0.15, 0.2) is 0 Å². The van der Waals surface area contributed by atoms with Gasteiger partial charge in [0.25, 0.3) is 0 Å². The molecule has 10 nitrogen and oxygen atoms in total. The van der Waals surface area contributed by atoms with Crippen LogP contribution >= 0.6 is 12.6 Å². The molecule has 0 aromatic carbocycles. The molecule has 1 aliphatic heterocycles. The van der Waals surface area contributed by atoms with Crippen molar-refractivity contribution in [2.75, 3.05) is 12.3 Å². The monoisotopic (exact) mass is 432 g/mol. The highest BCUT2D eigenvalue weighted by molar-refractivity contribution is 7.80. The van der Waals surface area contributed by atoms with Crippen LogP contribution in [-0.4, -0.2) is 76.5 Å². The Hall–Kier alpha value is -1.85. The second kappa shape index (κ2) is 12.0. The van der Waals surface area contributed by atoms with Crippen molar-refractivity contribution in [3.63, 3.8) is 0 Å². The highest BCUT2D eigenvalue weighted by Gasteiger charge is 2.33. The van der Waals surface area contributed by atoms with E-state index in [9.17, 15) is 29.4 Å². The summed E-state index contributed by atoms with van der Waals surface area (Å²) >= 11 is 4.05. The third-order valence-electron chi connectivity index (χ3n) is 4.58. The molecule has 1 rings (SSSR count). The number of thiol groups is 1. The average molecular weight is 433 g/mol. The molecule has 11 heteroatoms. The van der Waals surface area contributed by atoms with E-state index in [2.05, 4.69) is 33.9 Å². The summed E-state index contributed by atoms with van der Waals surface area (Å²) in [6.45, 7) is 5.71. The van der Waals surface area contributed by atoms with Crippen LogP contribution in [0, 0.1) is 5.92 Å². The fraction of sp³-hybridized carbons (Fsp3) is 0.778.